The van der Waals surface area contributed by atoms with Gasteiger partial charge in [-0.2, -0.15) is 0 Å². The standard InChI is InChI=1S/C16H19F2NS/c1-3-9-19-14(15-8-7-11(2)20-15)10-12-5-4-6-13(17)16(12)18/h4-8,14,19H,3,9-10H2,1-2H3. The monoisotopic (exact) mass is 295 g/mol. The molecule has 0 radical (unpaired) electrons. The van der Waals surface area contributed by atoms with Crippen LogP contribution in [0.4, 0.5) is 8.78 Å². The fraction of sp³-hybridized carbons (Fsp3) is 0.375. The molecule has 0 saturated carbocycles. The van der Waals surface area contributed by atoms with E-state index in [1.54, 1.807) is 23.5 Å². The van der Waals surface area contributed by atoms with Crippen molar-refractivity contribution in [3.8, 4) is 0 Å². The second-order valence-corrected chi connectivity index (χ2v) is 6.19. The van der Waals surface area contributed by atoms with Crippen LogP contribution in [0.15, 0.2) is 30.3 Å². The van der Waals surface area contributed by atoms with E-state index in [1.807, 2.05) is 6.92 Å². The average Bonchev–Trinajstić information content (AvgIpc) is 2.86. The van der Waals surface area contributed by atoms with Crippen molar-refractivity contribution in [1.29, 1.82) is 0 Å². The van der Waals surface area contributed by atoms with Crippen LogP contribution in [0.2, 0.25) is 0 Å². The third kappa shape index (κ3) is 3.64. The number of aryl methyl sites for hydroxylation is 1. The minimum Gasteiger partial charge on any atom is -0.309 e. The van der Waals surface area contributed by atoms with Crippen molar-refractivity contribution in [3.05, 3.63) is 57.3 Å². The molecule has 2 aromatic rings. The van der Waals surface area contributed by atoms with Gasteiger partial charge in [0.15, 0.2) is 11.6 Å². The molecule has 0 fully saturated rings. The molecular weight excluding hydrogens is 276 g/mol. The number of thiophene rings is 1. The number of benzene rings is 1. The van der Waals surface area contributed by atoms with Crippen LogP contribution in [0.25, 0.3) is 0 Å². The van der Waals surface area contributed by atoms with E-state index in [9.17, 15) is 8.78 Å². The lowest BCUT2D eigenvalue weighted by molar-refractivity contribution is 0.479. The summed E-state index contributed by atoms with van der Waals surface area (Å²) in [6.07, 6.45) is 1.47. The van der Waals surface area contributed by atoms with Crippen molar-refractivity contribution in [2.45, 2.75) is 32.7 Å². The molecule has 1 unspecified atom stereocenters. The quantitative estimate of drug-likeness (QED) is 0.820. The first-order valence-corrected chi connectivity index (χ1v) is 7.66. The Morgan fingerprint density at radius 2 is 2.00 bits per heavy atom. The summed E-state index contributed by atoms with van der Waals surface area (Å²) in [6, 6.07) is 8.52. The topological polar surface area (TPSA) is 12.0 Å². The maximum Gasteiger partial charge on any atom is 0.162 e. The summed E-state index contributed by atoms with van der Waals surface area (Å²) in [5.41, 5.74) is 0.421. The summed E-state index contributed by atoms with van der Waals surface area (Å²) in [4.78, 5) is 2.39. The van der Waals surface area contributed by atoms with Gasteiger partial charge in [-0.3, -0.25) is 0 Å². The Morgan fingerprint density at radius 3 is 2.65 bits per heavy atom. The molecule has 2 rings (SSSR count). The molecule has 1 aromatic carbocycles. The average molecular weight is 295 g/mol. The molecule has 1 aromatic heterocycles. The van der Waals surface area contributed by atoms with E-state index in [1.165, 1.54) is 9.75 Å². The third-order valence-corrected chi connectivity index (χ3v) is 4.32. The zero-order valence-electron chi connectivity index (χ0n) is 11.7. The van der Waals surface area contributed by atoms with Crippen molar-refractivity contribution < 1.29 is 8.78 Å². The SMILES string of the molecule is CCCNC(Cc1cccc(F)c1F)c1ccc(C)s1. The van der Waals surface area contributed by atoms with Crippen molar-refractivity contribution in [2.75, 3.05) is 6.54 Å². The van der Waals surface area contributed by atoms with Crippen molar-refractivity contribution in [2.24, 2.45) is 0 Å². The van der Waals surface area contributed by atoms with E-state index in [0.717, 1.165) is 19.0 Å². The molecule has 0 aliphatic carbocycles. The molecular formula is C16H19F2NS. The summed E-state index contributed by atoms with van der Waals surface area (Å²) < 4.78 is 27.1. The van der Waals surface area contributed by atoms with E-state index in [2.05, 4.69) is 24.4 Å². The van der Waals surface area contributed by atoms with Crippen LogP contribution < -0.4 is 5.32 Å². The summed E-state index contributed by atoms with van der Waals surface area (Å²) >= 11 is 1.70. The number of rotatable bonds is 6. The molecule has 1 N–H and O–H groups in total. The summed E-state index contributed by atoms with van der Waals surface area (Å²) in [5, 5.41) is 3.42. The lowest BCUT2D eigenvalue weighted by atomic mass is 10.0. The Kier molecular flexibility index (Phi) is 5.26. The maximum atomic E-state index is 13.8. The van der Waals surface area contributed by atoms with Gasteiger partial charge in [0.2, 0.25) is 0 Å². The number of halogens is 2. The molecule has 0 aliphatic heterocycles. The van der Waals surface area contributed by atoms with Gasteiger partial charge in [-0.05, 0) is 50.1 Å². The molecule has 0 saturated heterocycles. The van der Waals surface area contributed by atoms with Crippen LogP contribution in [-0.4, -0.2) is 6.54 Å². The van der Waals surface area contributed by atoms with E-state index < -0.39 is 11.6 Å². The van der Waals surface area contributed by atoms with Gasteiger partial charge in [-0.15, -0.1) is 11.3 Å². The summed E-state index contributed by atoms with van der Waals surface area (Å²) in [7, 11) is 0. The molecule has 1 atom stereocenters. The van der Waals surface area contributed by atoms with Crippen LogP contribution in [-0.2, 0) is 6.42 Å². The smallest absolute Gasteiger partial charge is 0.162 e. The zero-order chi connectivity index (χ0) is 14.5. The first-order chi connectivity index (χ1) is 9.61. The highest BCUT2D eigenvalue weighted by Crippen LogP contribution is 2.27. The molecule has 0 amide bonds. The molecule has 0 bridgehead atoms. The van der Waals surface area contributed by atoms with Crippen molar-refractivity contribution in [1.82, 2.24) is 5.32 Å². The second kappa shape index (κ2) is 6.95. The van der Waals surface area contributed by atoms with E-state index in [0.29, 0.717) is 12.0 Å². The van der Waals surface area contributed by atoms with Gasteiger partial charge in [-0.1, -0.05) is 19.1 Å². The van der Waals surface area contributed by atoms with Gasteiger partial charge in [0.05, 0.1) is 0 Å². The minimum absolute atomic E-state index is 0.0324. The van der Waals surface area contributed by atoms with Crippen LogP contribution in [0.1, 0.15) is 34.7 Å². The number of nitrogens with one attached hydrogen (secondary N) is 1. The Labute approximate surface area is 122 Å². The Bertz CT molecular complexity index is 565. The van der Waals surface area contributed by atoms with Gasteiger partial charge in [0, 0.05) is 15.8 Å². The predicted octanol–water partition coefficient (Wildman–Crippen LogP) is 4.62. The van der Waals surface area contributed by atoms with E-state index in [-0.39, 0.29) is 6.04 Å². The number of hydrogen-bond donors (Lipinski definition) is 1. The van der Waals surface area contributed by atoms with Gasteiger partial charge >= 0.3 is 0 Å². The third-order valence-electron chi connectivity index (χ3n) is 3.20. The Morgan fingerprint density at radius 1 is 1.20 bits per heavy atom. The van der Waals surface area contributed by atoms with Crippen molar-refractivity contribution in [3.63, 3.8) is 0 Å². The molecule has 0 spiro atoms. The highest BCUT2D eigenvalue weighted by molar-refractivity contribution is 7.12. The van der Waals surface area contributed by atoms with Gasteiger partial charge in [0.25, 0.3) is 0 Å². The first kappa shape index (κ1) is 15.1. The maximum absolute atomic E-state index is 13.8. The van der Waals surface area contributed by atoms with Crippen LogP contribution >= 0.6 is 11.3 Å². The molecule has 20 heavy (non-hydrogen) atoms. The first-order valence-electron chi connectivity index (χ1n) is 6.84. The highest BCUT2D eigenvalue weighted by atomic mass is 32.1. The molecule has 1 nitrogen and oxygen atoms in total. The van der Waals surface area contributed by atoms with E-state index >= 15 is 0 Å². The van der Waals surface area contributed by atoms with E-state index in [4.69, 9.17) is 0 Å². The lowest BCUT2D eigenvalue weighted by Crippen LogP contribution is -2.23. The van der Waals surface area contributed by atoms with Crippen LogP contribution in [0, 0.1) is 18.6 Å². The lowest BCUT2D eigenvalue weighted by Gasteiger charge is -2.17. The zero-order valence-corrected chi connectivity index (χ0v) is 12.6. The summed E-state index contributed by atoms with van der Waals surface area (Å²) in [5.74, 6) is -1.51. The molecule has 108 valence electrons. The fourth-order valence-corrected chi connectivity index (χ4v) is 3.11. The Hall–Kier alpha value is -1.26. The predicted molar refractivity (Wildman–Crippen MR) is 80.2 cm³/mol. The molecule has 4 heteroatoms. The Balaban J connectivity index is 2.21. The van der Waals surface area contributed by atoms with Gasteiger partial charge in [0.1, 0.15) is 0 Å². The fourth-order valence-electron chi connectivity index (χ4n) is 2.16. The molecule has 1 heterocycles. The highest BCUT2D eigenvalue weighted by Gasteiger charge is 2.17. The largest absolute Gasteiger partial charge is 0.309 e. The molecule has 0 aliphatic rings. The summed E-state index contributed by atoms with van der Waals surface area (Å²) in [6.45, 7) is 5.00. The minimum atomic E-state index is -0.779. The number of hydrogen-bond acceptors (Lipinski definition) is 2. The van der Waals surface area contributed by atoms with Gasteiger partial charge < -0.3 is 5.32 Å². The van der Waals surface area contributed by atoms with Crippen LogP contribution in [0.3, 0.4) is 0 Å². The van der Waals surface area contributed by atoms with Crippen molar-refractivity contribution >= 4 is 11.3 Å². The normalized spacial score (nSPS) is 12.6. The van der Waals surface area contributed by atoms with Gasteiger partial charge in [-0.25, -0.2) is 8.78 Å². The van der Waals surface area contributed by atoms with Crippen LogP contribution in [0.5, 0.6) is 0 Å². The second-order valence-electron chi connectivity index (χ2n) is 4.87.